The number of nitrogens with one attached hydrogen (secondary N) is 1. The molecule has 0 aliphatic carbocycles. The zero-order valence-electron chi connectivity index (χ0n) is 14.8. The Morgan fingerprint density at radius 2 is 1.88 bits per heavy atom. The number of nitrogens with two attached hydrogens (primary N) is 1. The molecule has 0 bridgehead atoms. The summed E-state index contributed by atoms with van der Waals surface area (Å²) in [6, 6.07) is 12.0. The van der Waals surface area contributed by atoms with Gasteiger partial charge in [-0.05, 0) is 29.3 Å². The van der Waals surface area contributed by atoms with Crippen LogP contribution in [0, 0.1) is 5.92 Å². The molecule has 7 heteroatoms. The predicted octanol–water partition coefficient (Wildman–Crippen LogP) is 3.28. The van der Waals surface area contributed by atoms with Gasteiger partial charge in [0.15, 0.2) is 6.54 Å². The van der Waals surface area contributed by atoms with Gasteiger partial charge in [0, 0.05) is 5.56 Å². The molecule has 0 aliphatic heterocycles. The van der Waals surface area contributed by atoms with Gasteiger partial charge >= 0.3 is 6.18 Å². The molecule has 1 aromatic heterocycles. The number of hydrogen-bond acceptors (Lipinski definition) is 2. The number of benzene rings is 1. The summed E-state index contributed by atoms with van der Waals surface area (Å²) >= 11 is 1.57. The molecule has 0 aliphatic rings. The highest BCUT2D eigenvalue weighted by molar-refractivity contribution is 7.10. The molecule has 142 valence electrons. The van der Waals surface area contributed by atoms with Crippen molar-refractivity contribution in [3.8, 4) is 0 Å². The Kier molecular flexibility index (Phi) is 7.23. The molecule has 0 saturated heterocycles. The van der Waals surface area contributed by atoms with Crippen molar-refractivity contribution in [2.24, 2.45) is 5.92 Å². The number of amides is 1. The van der Waals surface area contributed by atoms with Crippen molar-refractivity contribution in [1.29, 1.82) is 0 Å². The zero-order valence-corrected chi connectivity index (χ0v) is 15.7. The topological polar surface area (TPSA) is 45.7 Å². The standard InChI is InChI=1S/C19H23F3N2OS/c1-13(2)10-14-5-7-15(8-6-14)18(16-4-3-9-26-16)23-11-17(25)24-12-19(20,21)22/h3-9,13,18,23H,10-12H2,1-2H3,(H,24,25)/p+1/t18-/m1/s1. The summed E-state index contributed by atoms with van der Waals surface area (Å²) in [5, 5.41) is 5.64. The fraction of sp³-hybridized carbons (Fsp3) is 0.421. The van der Waals surface area contributed by atoms with Gasteiger partial charge in [-0.3, -0.25) is 4.79 Å². The highest BCUT2D eigenvalue weighted by Gasteiger charge is 2.28. The monoisotopic (exact) mass is 385 g/mol. The molecule has 3 N–H and O–H groups in total. The van der Waals surface area contributed by atoms with Crippen LogP contribution in [0.2, 0.25) is 0 Å². The third kappa shape index (κ3) is 6.80. The Balaban J connectivity index is 2.04. The molecule has 1 amide bonds. The Labute approximate surface area is 155 Å². The second kappa shape index (κ2) is 9.19. The number of quaternary nitrogens is 1. The quantitative estimate of drug-likeness (QED) is 0.720. The van der Waals surface area contributed by atoms with Crippen molar-refractivity contribution >= 4 is 17.2 Å². The van der Waals surface area contributed by atoms with E-state index in [2.05, 4.69) is 26.0 Å². The minimum atomic E-state index is -4.39. The summed E-state index contributed by atoms with van der Waals surface area (Å²) in [6.07, 6.45) is -3.40. The largest absolute Gasteiger partial charge is 0.405 e. The number of carbonyl (C=O) groups is 1. The molecule has 0 saturated carbocycles. The summed E-state index contributed by atoms with van der Waals surface area (Å²) in [5.74, 6) is -0.0573. The van der Waals surface area contributed by atoms with Crippen LogP contribution in [0.15, 0.2) is 41.8 Å². The maximum Gasteiger partial charge on any atom is 0.405 e. The van der Waals surface area contributed by atoms with Crippen molar-refractivity contribution in [2.45, 2.75) is 32.5 Å². The van der Waals surface area contributed by atoms with Gasteiger partial charge in [0.2, 0.25) is 0 Å². The summed E-state index contributed by atoms with van der Waals surface area (Å²) < 4.78 is 36.6. The van der Waals surface area contributed by atoms with E-state index in [1.165, 1.54) is 5.56 Å². The number of thiophene rings is 1. The highest BCUT2D eigenvalue weighted by Crippen LogP contribution is 2.23. The van der Waals surface area contributed by atoms with Crippen molar-refractivity contribution in [3.63, 3.8) is 0 Å². The van der Waals surface area contributed by atoms with Gasteiger partial charge in [-0.15, -0.1) is 11.3 Å². The van der Waals surface area contributed by atoms with Crippen LogP contribution in [0.4, 0.5) is 13.2 Å². The van der Waals surface area contributed by atoms with Gasteiger partial charge in [-0.2, -0.15) is 13.2 Å². The number of alkyl halides is 3. The Morgan fingerprint density at radius 1 is 1.19 bits per heavy atom. The summed E-state index contributed by atoms with van der Waals surface area (Å²) in [5.41, 5.74) is 2.28. The third-order valence-electron chi connectivity index (χ3n) is 3.86. The van der Waals surface area contributed by atoms with Gasteiger partial charge < -0.3 is 10.6 Å². The summed E-state index contributed by atoms with van der Waals surface area (Å²) in [6.45, 7) is 2.96. The van der Waals surface area contributed by atoms with Crippen LogP contribution in [0.3, 0.4) is 0 Å². The molecule has 2 rings (SSSR count). The van der Waals surface area contributed by atoms with E-state index < -0.39 is 18.6 Å². The van der Waals surface area contributed by atoms with E-state index in [0.29, 0.717) is 5.92 Å². The van der Waals surface area contributed by atoms with Crippen molar-refractivity contribution in [2.75, 3.05) is 13.1 Å². The fourth-order valence-electron chi connectivity index (χ4n) is 2.71. The lowest BCUT2D eigenvalue weighted by atomic mass is 9.99. The summed E-state index contributed by atoms with van der Waals surface area (Å²) in [4.78, 5) is 12.8. The molecule has 0 spiro atoms. The first-order valence-corrected chi connectivity index (χ1v) is 9.41. The van der Waals surface area contributed by atoms with Gasteiger partial charge in [0.1, 0.15) is 12.6 Å². The van der Waals surface area contributed by atoms with E-state index in [1.54, 1.807) is 16.7 Å². The number of hydrogen-bond donors (Lipinski definition) is 2. The maximum absolute atomic E-state index is 12.2. The summed E-state index contributed by atoms with van der Waals surface area (Å²) in [7, 11) is 0. The number of carbonyl (C=O) groups excluding carboxylic acids is 1. The second-order valence-electron chi connectivity index (χ2n) is 6.66. The molecule has 26 heavy (non-hydrogen) atoms. The number of halogens is 3. The fourth-order valence-corrected chi connectivity index (χ4v) is 3.56. The van der Waals surface area contributed by atoms with Crippen LogP contribution in [0.25, 0.3) is 0 Å². The van der Waals surface area contributed by atoms with Crippen LogP contribution in [0.5, 0.6) is 0 Å². The van der Waals surface area contributed by atoms with E-state index in [4.69, 9.17) is 0 Å². The van der Waals surface area contributed by atoms with Gasteiger partial charge in [-0.25, -0.2) is 0 Å². The average Bonchev–Trinajstić information content (AvgIpc) is 3.08. The van der Waals surface area contributed by atoms with E-state index in [0.717, 1.165) is 16.9 Å². The molecule has 2 aromatic rings. The maximum atomic E-state index is 12.2. The van der Waals surface area contributed by atoms with Crippen LogP contribution in [-0.4, -0.2) is 25.2 Å². The minimum absolute atomic E-state index is 0.0631. The van der Waals surface area contributed by atoms with E-state index in [9.17, 15) is 18.0 Å². The molecule has 0 radical (unpaired) electrons. The van der Waals surface area contributed by atoms with E-state index in [1.807, 2.05) is 35.0 Å². The zero-order chi connectivity index (χ0) is 19.2. The van der Waals surface area contributed by atoms with E-state index >= 15 is 0 Å². The lowest BCUT2D eigenvalue weighted by Gasteiger charge is -2.16. The van der Waals surface area contributed by atoms with Gasteiger partial charge in [0.05, 0.1) is 4.88 Å². The van der Waals surface area contributed by atoms with Crippen molar-refractivity contribution < 1.29 is 23.3 Å². The molecule has 0 fully saturated rings. The normalized spacial score (nSPS) is 13.0. The Hall–Kier alpha value is -1.86. The SMILES string of the molecule is CC(C)Cc1ccc([C@@H]([NH2+]CC(=O)NCC(F)(F)F)c2cccs2)cc1. The van der Waals surface area contributed by atoms with Crippen LogP contribution in [-0.2, 0) is 11.2 Å². The molecule has 1 atom stereocenters. The van der Waals surface area contributed by atoms with Crippen LogP contribution in [0.1, 0.15) is 35.9 Å². The Morgan fingerprint density at radius 3 is 2.42 bits per heavy atom. The average molecular weight is 385 g/mol. The lowest BCUT2D eigenvalue weighted by molar-refractivity contribution is -0.676. The van der Waals surface area contributed by atoms with Gasteiger partial charge in [0.25, 0.3) is 5.91 Å². The second-order valence-corrected chi connectivity index (χ2v) is 7.64. The highest BCUT2D eigenvalue weighted by atomic mass is 32.1. The van der Waals surface area contributed by atoms with Gasteiger partial charge in [-0.1, -0.05) is 44.2 Å². The number of rotatable bonds is 8. The van der Waals surface area contributed by atoms with Crippen LogP contribution < -0.4 is 10.6 Å². The first-order chi connectivity index (χ1) is 12.2. The molecule has 3 nitrogen and oxygen atoms in total. The smallest absolute Gasteiger partial charge is 0.342 e. The van der Waals surface area contributed by atoms with Crippen molar-refractivity contribution in [1.82, 2.24) is 5.32 Å². The third-order valence-corrected chi connectivity index (χ3v) is 4.81. The first kappa shape index (κ1) is 20.5. The predicted molar refractivity (Wildman–Crippen MR) is 97.0 cm³/mol. The molecule has 1 heterocycles. The molecule has 0 unspecified atom stereocenters. The molecule has 1 aromatic carbocycles. The minimum Gasteiger partial charge on any atom is -0.342 e. The Bertz CT molecular complexity index is 682. The lowest BCUT2D eigenvalue weighted by Crippen LogP contribution is -2.87. The van der Waals surface area contributed by atoms with Crippen molar-refractivity contribution in [3.05, 3.63) is 57.8 Å². The van der Waals surface area contributed by atoms with Crippen LogP contribution >= 0.6 is 11.3 Å². The molecular weight excluding hydrogens is 361 g/mol. The molecular formula is C19H24F3N2OS+. The van der Waals surface area contributed by atoms with E-state index in [-0.39, 0.29) is 12.6 Å². The first-order valence-electron chi connectivity index (χ1n) is 8.53.